The number of thiazole rings is 1. The maximum absolute atomic E-state index is 12.1. The fraction of sp³-hybridized carbons (Fsp3) is 0.231. The summed E-state index contributed by atoms with van der Waals surface area (Å²) in [7, 11) is -3.73. The van der Waals surface area contributed by atoms with Gasteiger partial charge in [-0.25, -0.2) is 18.1 Å². The number of hydrogen-bond donors (Lipinski definition) is 1. The van der Waals surface area contributed by atoms with Crippen molar-refractivity contribution in [3.63, 3.8) is 0 Å². The molecule has 24 heavy (non-hydrogen) atoms. The van der Waals surface area contributed by atoms with Crippen LogP contribution in [0, 0.1) is 0 Å². The van der Waals surface area contributed by atoms with Gasteiger partial charge in [0.1, 0.15) is 5.69 Å². The van der Waals surface area contributed by atoms with E-state index in [1.165, 1.54) is 17.5 Å². The summed E-state index contributed by atoms with van der Waals surface area (Å²) < 4.78 is 27.9. The highest BCUT2D eigenvalue weighted by Gasteiger charge is 2.20. The predicted molar refractivity (Wildman–Crippen MR) is 97.2 cm³/mol. The smallest absolute Gasteiger partial charge is 0.284 e. The van der Waals surface area contributed by atoms with Crippen LogP contribution in [0.3, 0.4) is 0 Å². The molecular formula is C13H10Cl3N3O3S2. The molecule has 3 rings (SSSR count). The lowest BCUT2D eigenvalue weighted by atomic mass is 10.3. The highest BCUT2D eigenvalue weighted by atomic mass is 35.5. The van der Waals surface area contributed by atoms with Crippen LogP contribution in [0.1, 0.15) is 16.9 Å². The Labute approximate surface area is 156 Å². The van der Waals surface area contributed by atoms with E-state index in [4.69, 9.17) is 34.8 Å². The monoisotopic (exact) mass is 425 g/mol. The average molecular weight is 427 g/mol. The largest absolute Gasteiger partial charge is 0.289 e. The number of sulfonamides is 1. The van der Waals surface area contributed by atoms with Crippen LogP contribution in [0.5, 0.6) is 0 Å². The van der Waals surface area contributed by atoms with Gasteiger partial charge < -0.3 is 0 Å². The van der Waals surface area contributed by atoms with Crippen molar-refractivity contribution >= 4 is 77.2 Å². The summed E-state index contributed by atoms with van der Waals surface area (Å²) >= 11 is 18.9. The normalized spacial score (nSPS) is 12.1. The molecule has 0 bridgehead atoms. The molecule has 0 saturated carbocycles. The van der Waals surface area contributed by atoms with Crippen molar-refractivity contribution in [2.75, 3.05) is 11.6 Å². The van der Waals surface area contributed by atoms with Gasteiger partial charge in [-0.3, -0.25) is 9.20 Å². The number of aromatic nitrogens is 2. The molecule has 2 aromatic heterocycles. The average Bonchev–Trinajstić information content (AvgIpc) is 3.07. The summed E-state index contributed by atoms with van der Waals surface area (Å²) in [4.78, 5) is 16.8. The molecule has 0 radical (unpaired) electrons. The van der Waals surface area contributed by atoms with Crippen LogP contribution in [0.4, 0.5) is 0 Å². The summed E-state index contributed by atoms with van der Waals surface area (Å²) in [6.45, 7) is 0. The van der Waals surface area contributed by atoms with Gasteiger partial charge in [-0.05, 0) is 18.6 Å². The number of carbonyl (C=O) groups is 1. The van der Waals surface area contributed by atoms with Gasteiger partial charge in [0, 0.05) is 12.1 Å². The predicted octanol–water partition coefficient (Wildman–Crippen LogP) is 3.54. The molecule has 128 valence electrons. The van der Waals surface area contributed by atoms with Crippen LogP contribution < -0.4 is 4.72 Å². The Morgan fingerprint density at radius 2 is 2.08 bits per heavy atom. The number of benzene rings is 1. The Bertz CT molecular complexity index is 1040. The molecule has 0 aliphatic heterocycles. The highest BCUT2D eigenvalue weighted by molar-refractivity contribution is 7.90. The molecule has 0 fully saturated rings. The zero-order valence-electron chi connectivity index (χ0n) is 11.9. The van der Waals surface area contributed by atoms with E-state index in [0.717, 1.165) is 10.2 Å². The molecule has 2 heterocycles. The Kier molecular flexibility index (Phi) is 4.94. The number of imidazole rings is 1. The molecule has 3 aromatic rings. The summed E-state index contributed by atoms with van der Waals surface area (Å²) in [5, 5.41) is 0.844. The number of rotatable bonds is 5. The first-order chi connectivity index (χ1) is 11.3. The van der Waals surface area contributed by atoms with Gasteiger partial charge in [0.15, 0.2) is 4.96 Å². The van der Waals surface area contributed by atoms with E-state index in [1.807, 2.05) is 4.72 Å². The van der Waals surface area contributed by atoms with Crippen molar-refractivity contribution in [1.82, 2.24) is 14.1 Å². The molecule has 1 aromatic carbocycles. The third-order valence-electron chi connectivity index (χ3n) is 3.18. The van der Waals surface area contributed by atoms with Crippen molar-refractivity contribution in [3.8, 4) is 0 Å². The number of nitrogens with one attached hydrogen (secondary N) is 1. The maximum atomic E-state index is 12.1. The van der Waals surface area contributed by atoms with Crippen LogP contribution in [-0.2, 0) is 10.0 Å². The second kappa shape index (κ2) is 6.68. The molecule has 0 aliphatic carbocycles. The Balaban J connectivity index is 1.94. The van der Waals surface area contributed by atoms with Crippen molar-refractivity contribution in [2.45, 2.75) is 6.42 Å². The first-order valence-electron chi connectivity index (χ1n) is 6.69. The van der Waals surface area contributed by atoms with E-state index in [-0.39, 0.29) is 23.7 Å². The summed E-state index contributed by atoms with van der Waals surface area (Å²) in [5.41, 5.74) is 0.740. The zero-order valence-corrected chi connectivity index (χ0v) is 15.8. The van der Waals surface area contributed by atoms with E-state index in [0.29, 0.717) is 15.0 Å². The van der Waals surface area contributed by atoms with Crippen LogP contribution in [0.15, 0.2) is 18.3 Å². The number of hydrogen-bond acceptors (Lipinski definition) is 5. The van der Waals surface area contributed by atoms with Gasteiger partial charge >= 0.3 is 0 Å². The second-order valence-electron chi connectivity index (χ2n) is 4.88. The molecular weight excluding hydrogens is 417 g/mol. The first kappa shape index (κ1) is 17.8. The third-order valence-corrected chi connectivity index (χ3v) is 6.78. The van der Waals surface area contributed by atoms with E-state index < -0.39 is 15.9 Å². The molecule has 6 nitrogen and oxygen atoms in total. The Hall–Kier alpha value is -1.06. The molecule has 11 heteroatoms. The van der Waals surface area contributed by atoms with Crippen LogP contribution in [-0.4, -0.2) is 35.3 Å². The highest BCUT2D eigenvalue weighted by Crippen LogP contribution is 2.36. The lowest BCUT2D eigenvalue weighted by Crippen LogP contribution is -2.32. The fourth-order valence-corrected chi connectivity index (χ4v) is 4.95. The van der Waals surface area contributed by atoms with Gasteiger partial charge in [0.2, 0.25) is 10.0 Å². The zero-order chi connectivity index (χ0) is 17.5. The number of alkyl halides is 1. The minimum atomic E-state index is -3.73. The van der Waals surface area contributed by atoms with Crippen LogP contribution in [0.25, 0.3) is 15.2 Å². The lowest BCUT2D eigenvalue weighted by molar-refractivity contribution is 0.0977. The van der Waals surface area contributed by atoms with Crippen molar-refractivity contribution < 1.29 is 13.2 Å². The van der Waals surface area contributed by atoms with Crippen molar-refractivity contribution in [3.05, 3.63) is 34.1 Å². The quantitative estimate of drug-likeness (QED) is 0.633. The van der Waals surface area contributed by atoms with Crippen LogP contribution >= 0.6 is 46.1 Å². The first-order valence-corrected chi connectivity index (χ1v) is 10.4. The van der Waals surface area contributed by atoms with E-state index in [9.17, 15) is 13.2 Å². The van der Waals surface area contributed by atoms with Gasteiger partial charge in [-0.1, -0.05) is 34.5 Å². The summed E-state index contributed by atoms with van der Waals surface area (Å²) in [6, 6.07) is 3.41. The standard InChI is InChI=1S/C13H10Cl3N3O3S2/c14-4-1-5-24(21,22)18-12(20)8-6-19-9-3-2-7(15)10(16)11(9)23-13(19)17-8/h2-3,6H,1,4-5H2,(H,18,20). The topological polar surface area (TPSA) is 80.5 Å². The number of nitrogens with zero attached hydrogens (tertiary/aromatic N) is 2. The van der Waals surface area contributed by atoms with Crippen LogP contribution in [0.2, 0.25) is 10.0 Å². The molecule has 0 atom stereocenters. The molecule has 1 N–H and O–H groups in total. The van der Waals surface area contributed by atoms with Gasteiger partial charge in [-0.2, -0.15) is 0 Å². The van der Waals surface area contributed by atoms with Gasteiger partial charge in [0.25, 0.3) is 5.91 Å². The molecule has 0 aliphatic rings. The van der Waals surface area contributed by atoms with Gasteiger partial charge in [-0.15, -0.1) is 11.6 Å². The van der Waals surface area contributed by atoms with E-state index >= 15 is 0 Å². The fourth-order valence-electron chi connectivity index (χ4n) is 2.11. The van der Waals surface area contributed by atoms with Crippen molar-refractivity contribution in [1.29, 1.82) is 0 Å². The van der Waals surface area contributed by atoms with E-state index in [2.05, 4.69) is 4.98 Å². The second-order valence-corrected chi connectivity index (χ2v) is 8.87. The van der Waals surface area contributed by atoms with Gasteiger partial charge in [0.05, 0.1) is 26.0 Å². The molecule has 0 unspecified atom stereocenters. The molecule has 1 amide bonds. The molecule has 0 saturated heterocycles. The third kappa shape index (κ3) is 3.34. The van der Waals surface area contributed by atoms with Crippen molar-refractivity contribution in [2.24, 2.45) is 0 Å². The van der Waals surface area contributed by atoms with E-state index in [1.54, 1.807) is 16.5 Å². The number of carbonyl (C=O) groups excluding carboxylic acids is 1. The lowest BCUT2D eigenvalue weighted by Gasteiger charge is -2.03. The summed E-state index contributed by atoms with van der Waals surface area (Å²) in [5.74, 6) is -0.805. The SMILES string of the molecule is O=C(NS(=O)(=O)CCCCl)c1cn2c(n1)sc1c(Cl)c(Cl)ccc12. The maximum Gasteiger partial charge on any atom is 0.284 e. The number of fused-ring (bicyclic) bond motifs is 3. The Morgan fingerprint density at radius 1 is 1.33 bits per heavy atom. The minimum Gasteiger partial charge on any atom is -0.289 e. The number of amides is 1. The Morgan fingerprint density at radius 3 is 2.79 bits per heavy atom. The summed E-state index contributed by atoms with van der Waals surface area (Å²) in [6.07, 6.45) is 1.72. The minimum absolute atomic E-state index is 0.00340. The number of halogens is 3. The molecule has 0 spiro atoms.